The largest absolute Gasteiger partial charge is 0.339 e. The van der Waals surface area contributed by atoms with Crippen LogP contribution in [0.15, 0.2) is 0 Å². The number of piperazine rings is 1. The maximum atomic E-state index is 12.1. The first kappa shape index (κ1) is 11.9. The smallest absolute Gasteiger partial charge is 0.236 e. The van der Waals surface area contributed by atoms with Crippen molar-refractivity contribution in [3.63, 3.8) is 0 Å². The minimum atomic E-state index is 0.339. The molecule has 0 spiro atoms. The zero-order valence-electron chi connectivity index (χ0n) is 10.2. The molecule has 2 aliphatic heterocycles. The summed E-state index contributed by atoms with van der Waals surface area (Å²) in [7, 11) is 0. The van der Waals surface area contributed by atoms with Gasteiger partial charge in [0, 0.05) is 38.8 Å². The van der Waals surface area contributed by atoms with E-state index >= 15 is 0 Å². The highest BCUT2D eigenvalue weighted by Crippen LogP contribution is 2.19. The van der Waals surface area contributed by atoms with E-state index in [-0.39, 0.29) is 0 Å². The topological polar surface area (TPSA) is 35.6 Å². The molecule has 0 bridgehead atoms. The molecular weight excluding hydrogens is 202 g/mol. The van der Waals surface area contributed by atoms with Crippen LogP contribution in [0.5, 0.6) is 0 Å². The summed E-state index contributed by atoms with van der Waals surface area (Å²) in [6.45, 7) is 7.84. The molecule has 2 saturated heterocycles. The van der Waals surface area contributed by atoms with Gasteiger partial charge in [-0.15, -0.1) is 0 Å². The first-order valence-corrected chi connectivity index (χ1v) is 6.54. The van der Waals surface area contributed by atoms with E-state index in [4.69, 9.17) is 0 Å². The van der Waals surface area contributed by atoms with Gasteiger partial charge < -0.3 is 10.2 Å². The van der Waals surface area contributed by atoms with Crippen molar-refractivity contribution < 1.29 is 4.79 Å². The van der Waals surface area contributed by atoms with Crippen LogP contribution < -0.4 is 5.32 Å². The van der Waals surface area contributed by atoms with Crippen molar-refractivity contribution in [1.29, 1.82) is 0 Å². The molecular formula is C12H23N3O. The summed E-state index contributed by atoms with van der Waals surface area (Å²) in [5.74, 6) is 0.339. The summed E-state index contributed by atoms with van der Waals surface area (Å²) in [5.41, 5.74) is 0. The number of amides is 1. The lowest BCUT2D eigenvalue weighted by Crippen LogP contribution is -2.49. The number of carbonyl (C=O) groups excluding carboxylic acids is 1. The van der Waals surface area contributed by atoms with Crippen molar-refractivity contribution in [3.8, 4) is 0 Å². The maximum Gasteiger partial charge on any atom is 0.236 e. The molecule has 1 unspecified atom stereocenters. The van der Waals surface area contributed by atoms with Gasteiger partial charge in [-0.1, -0.05) is 6.92 Å². The molecule has 2 fully saturated rings. The Morgan fingerprint density at radius 3 is 2.75 bits per heavy atom. The molecule has 0 radical (unpaired) electrons. The Hall–Kier alpha value is -0.610. The van der Waals surface area contributed by atoms with Crippen LogP contribution >= 0.6 is 0 Å². The summed E-state index contributed by atoms with van der Waals surface area (Å²) in [6.07, 6.45) is 3.49. The Kier molecular flexibility index (Phi) is 4.18. The van der Waals surface area contributed by atoms with Crippen LogP contribution in [0.1, 0.15) is 26.2 Å². The number of likely N-dealkylation sites (tertiary alicyclic amines) is 1. The second-order valence-corrected chi connectivity index (χ2v) is 4.82. The van der Waals surface area contributed by atoms with E-state index in [1.165, 1.54) is 12.8 Å². The SMILES string of the molecule is CCC1CCCN1C(=O)CN1CCNCC1. The fourth-order valence-electron chi connectivity index (χ4n) is 2.74. The number of rotatable bonds is 3. The Bertz CT molecular complexity index is 238. The average molecular weight is 225 g/mol. The molecule has 1 atom stereocenters. The van der Waals surface area contributed by atoms with Crippen LogP contribution in [0, 0.1) is 0 Å². The van der Waals surface area contributed by atoms with Gasteiger partial charge in [-0.2, -0.15) is 0 Å². The van der Waals surface area contributed by atoms with Crippen LogP contribution in [-0.2, 0) is 4.79 Å². The molecule has 0 saturated carbocycles. The standard InChI is InChI=1S/C12H23N3O/c1-2-11-4-3-7-15(11)12(16)10-14-8-5-13-6-9-14/h11,13H,2-10H2,1H3. The van der Waals surface area contributed by atoms with Crippen molar-refractivity contribution >= 4 is 5.91 Å². The molecule has 4 heteroatoms. The molecule has 16 heavy (non-hydrogen) atoms. The van der Waals surface area contributed by atoms with E-state index in [2.05, 4.69) is 22.0 Å². The van der Waals surface area contributed by atoms with E-state index in [0.717, 1.165) is 39.1 Å². The van der Waals surface area contributed by atoms with Crippen LogP contribution in [0.4, 0.5) is 0 Å². The monoisotopic (exact) mass is 225 g/mol. The molecule has 4 nitrogen and oxygen atoms in total. The van der Waals surface area contributed by atoms with Crippen molar-refractivity contribution in [1.82, 2.24) is 15.1 Å². The Balaban J connectivity index is 1.82. The second kappa shape index (κ2) is 5.64. The summed E-state index contributed by atoms with van der Waals surface area (Å²) in [6, 6.07) is 0.510. The molecule has 2 heterocycles. The highest BCUT2D eigenvalue weighted by molar-refractivity contribution is 5.78. The van der Waals surface area contributed by atoms with Crippen molar-refractivity contribution in [3.05, 3.63) is 0 Å². The first-order valence-electron chi connectivity index (χ1n) is 6.54. The van der Waals surface area contributed by atoms with Crippen LogP contribution in [0.3, 0.4) is 0 Å². The molecule has 2 aliphatic rings. The molecule has 1 amide bonds. The van der Waals surface area contributed by atoms with E-state index in [0.29, 0.717) is 18.5 Å². The van der Waals surface area contributed by atoms with Gasteiger partial charge in [0.05, 0.1) is 6.54 Å². The van der Waals surface area contributed by atoms with Gasteiger partial charge in [0.2, 0.25) is 5.91 Å². The number of hydrogen-bond donors (Lipinski definition) is 1. The average Bonchev–Trinajstić information content (AvgIpc) is 2.78. The molecule has 2 rings (SSSR count). The number of nitrogens with zero attached hydrogens (tertiary/aromatic N) is 2. The molecule has 0 aromatic carbocycles. The summed E-state index contributed by atoms with van der Waals surface area (Å²) in [4.78, 5) is 16.5. The summed E-state index contributed by atoms with van der Waals surface area (Å²) in [5, 5.41) is 3.31. The van der Waals surface area contributed by atoms with Gasteiger partial charge in [-0.3, -0.25) is 9.69 Å². The molecule has 1 N–H and O–H groups in total. The van der Waals surface area contributed by atoms with Gasteiger partial charge in [0.25, 0.3) is 0 Å². The van der Waals surface area contributed by atoms with Crippen LogP contribution in [0.25, 0.3) is 0 Å². The van der Waals surface area contributed by atoms with Crippen LogP contribution in [-0.4, -0.2) is 61.0 Å². The van der Waals surface area contributed by atoms with E-state index in [1.54, 1.807) is 0 Å². The first-order chi connectivity index (χ1) is 7.81. The highest BCUT2D eigenvalue weighted by atomic mass is 16.2. The van der Waals surface area contributed by atoms with E-state index in [9.17, 15) is 4.79 Å². The molecule has 0 aliphatic carbocycles. The number of hydrogen-bond acceptors (Lipinski definition) is 3. The molecule has 0 aromatic rings. The third-order valence-electron chi connectivity index (χ3n) is 3.74. The van der Waals surface area contributed by atoms with Crippen molar-refractivity contribution in [2.75, 3.05) is 39.3 Å². The maximum absolute atomic E-state index is 12.1. The normalized spacial score (nSPS) is 27.3. The van der Waals surface area contributed by atoms with E-state index < -0.39 is 0 Å². The van der Waals surface area contributed by atoms with Crippen molar-refractivity contribution in [2.24, 2.45) is 0 Å². The van der Waals surface area contributed by atoms with Crippen LogP contribution in [0.2, 0.25) is 0 Å². The lowest BCUT2D eigenvalue weighted by Gasteiger charge is -2.30. The Morgan fingerprint density at radius 1 is 1.31 bits per heavy atom. The van der Waals surface area contributed by atoms with Gasteiger partial charge >= 0.3 is 0 Å². The highest BCUT2D eigenvalue weighted by Gasteiger charge is 2.28. The lowest BCUT2D eigenvalue weighted by atomic mass is 10.2. The second-order valence-electron chi connectivity index (χ2n) is 4.82. The Morgan fingerprint density at radius 2 is 2.06 bits per heavy atom. The van der Waals surface area contributed by atoms with Gasteiger partial charge in [-0.25, -0.2) is 0 Å². The summed E-state index contributed by atoms with van der Waals surface area (Å²) >= 11 is 0. The number of carbonyl (C=O) groups is 1. The zero-order chi connectivity index (χ0) is 11.4. The Labute approximate surface area is 98.0 Å². The number of nitrogens with one attached hydrogen (secondary N) is 1. The predicted octanol–water partition coefficient (Wildman–Crippen LogP) is 0.293. The van der Waals surface area contributed by atoms with Gasteiger partial charge in [0.15, 0.2) is 0 Å². The minimum Gasteiger partial charge on any atom is -0.339 e. The predicted molar refractivity (Wildman–Crippen MR) is 64.3 cm³/mol. The van der Waals surface area contributed by atoms with Gasteiger partial charge in [0.1, 0.15) is 0 Å². The zero-order valence-corrected chi connectivity index (χ0v) is 10.2. The van der Waals surface area contributed by atoms with Crippen molar-refractivity contribution in [2.45, 2.75) is 32.2 Å². The third-order valence-corrected chi connectivity index (χ3v) is 3.74. The molecule has 92 valence electrons. The fourth-order valence-corrected chi connectivity index (χ4v) is 2.74. The van der Waals surface area contributed by atoms with Gasteiger partial charge in [-0.05, 0) is 19.3 Å². The van der Waals surface area contributed by atoms with E-state index in [1.807, 2.05) is 0 Å². The lowest BCUT2D eigenvalue weighted by molar-refractivity contribution is -0.133. The summed E-state index contributed by atoms with van der Waals surface area (Å²) < 4.78 is 0. The quantitative estimate of drug-likeness (QED) is 0.750. The third kappa shape index (κ3) is 2.74. The fraction of sp³-hybridized carbons (Fsp3) is 0.917. The minimum absolute atomic E-state index is 0.339. The molecule has 0 aromatic heterocycles.